The van der Waals surface area contributed by atoms with Gasteiger partial charge in [-0.25, -0.2) is 37.1 Å². The molecule has 18 nitrogen and oxygen atoms in total. The van der Waals surface area contributed by atoms with Crippen molar-refractivity contribution in [2.24, 2.45) is 0 Å². The van der Waals surface area contributed by atoms with Crippen LogP contribution in [0.15, 0.2) is 140 Å². The van der Waals surface area contributed by atoms with Crippen molar-refractivity contribution in [3.63, 3.8) is 0 Å². The zero-order valence-electron chi connectivity index (χ0n) is 58.0. The SMILES string of the molecule is Cc1cc(N)c(N)cn1.Cc1cc(N)c(NC2CCCCC2)cn1.Cc1cc2nc(-c3ccccc3F)n(C3CCCCC3)c2cn1.O=C(O)C1=Cc2nc(-c3ccccc3F)n(C3CCCCC3)c2CN1Cc1ccc(F)cc1.O=C(O)c1ccccc1F.O=C1CCCCC1.[B].[C-]#N.[Na+]. The van der Waals surface area contributed by atoms with Crippen LogP contribution in [0.2, 0.25) is 0 Å². The fraction of sp³-hybridized carbons (Fsp3) is 0.364. The normalized spacial score (nSPS) is 15.0. The molecule has 0 amide bonds. The van der Waals surface area contributed by atoms with Gasteiger partial charge in [0.2, 0.25) is 0 Å². The summed E-state index contributed by atoms with van der Waals surface area (Å²) >= 11 is 0. The molecule has 5 aromatic heterocycles. The minimum absolute atomic E-state index is 0. The summed E-state index contributed by atoms with van der Waals surface area (Å²) in [5.74, 6) is -2.14. The molecule has 0 saturated heterocycles. The molecule has 5 aliphatic rings. The Morgan fingerprint density at radius 3 is 1.55 bits per heavy atom. The minimum Gasteiger partial charge on any atom is -0.512 e. The number of imidazole rings is 2. The van der Waals surface area contributed by atoms with Gasteiger partial charge in [0.05, 0.1) is 87.0 Å². The van der Waals surface area contributed by atoms with Crippen LogP contribution in [-0.4, -0.2) is 81.3 Å². The number of carbonyl (C=O) groups excluding carboxylic acids is 1. The molecule has 4 fully saturated rings. The van der Waals surface area contributed by atoms with Crippen LogP contribution in [-0.2, 0) is 22.7 Å². The molecule has 3 radical (unpaired) electrons. The number of Topliss-reactive ketones (excluding diaryl/α,β-unsaturated/α-hetero) is 1. The summed E-state index contributed by atoms with van der Waals surface area (Å²) in [6.45, 7) is 11.2. The van der Waals surface area contributed by atoms with Gasteiger partial charge in [0.25, 0.3) is 0 Å². The van der Waals surface area contributed by atoms with E-state index in [0.717, 1.165) is 127 Å². The number of aromatic carboxylic acids is 1. The third kappa shape index (κ3) is 22.8. The van der Waals surface area contributed by atoms with E-state index in [0.29, 0.717) is 65.0 Å². The number of ketones is 1. The summed E-state index contributed by atoms with van der Waals surface area (Å²) in [5.41, 5.74) is 27.6. The van der Waals surface area contributed by atoms with Crippen LogP contribution in [0.25, 0.3) is 39.9 Å². The summed E-state index contributed by atoms with van der Waals surface area (Å²) in [4.78, 5) is 56.6. The van der Waals surface area contributed by atoms with Crippen LogP contribution in [0.4, 0.5) is 40.3 Å². The predicted molar refractivity (Wildman–Crippen MR) is 385 cm³/mol. The molecule has 101 heavy (non-hydrogen) atoms. The van der Waals surface area contributed by atoms with E-state index >= 15 is 0 Å². The molecule has 523 valence electrons. The van der Waals surface area contributed by atoms with Crippen LogP contribution in [0, 0.1) is 55.9 Å². The van der Waals surface area contributed by atoms with Crippen LogP contribution >= 0.6 is 0 Å². The minimum atomic E-state index is -1.24. The second kappa shape index (κ2) is 40.2. The molecule has 0 bridgehead atoms. The number of aromatic nitrogens is 7. The number of hydrogen-bond acceptors (Lipinski definition) is 14. The summed E-state index contributed by atoms with van der Waals surface area (Å²) < 4.78 is 59.3. The van der Waals surface area contributed by atoms with E-state index in [4.69, 9.17) is 44.1 Å². The Kier molecular flexibility index (Phi) is 32.1. The Morgan fingerprint density at radius 1 is 0.574 bits per heavy atom. The zero-order chi connectivity index (χ0) is 71.0. The van der Waals surface area contributed by atoms with E-state index in [-0.39, 0.29) is 72.7 Å². The molecule has 14 rings (SSSR count). The predicted octanol–water partition coefficient (Wildman–Crippen LogP) is 13.9. The van der Waals surface area contributed by atoms with Crippen LogP contribution in [0.3, 0.4) is 0 Å². The number of rotatable bonds is 10. The van der Waals surface area contributed by atoms with Crippen molar-refractivity contribution in [1.29, 1.82) is 5.26 Å². The number of carbonyl (C=O) groups is 3. The molecule has 0 atom stereocenters. The fourth-order valence-electron chi connectivity index (χ4n) is 12.9. The number of carboxylic acids is 2. The number of aliphatic carboxylic acids is 1. The van der Waals surface area contributed by atoms with Gasteiger partial charge in [-0.1, -0.05) is 113 Å². The van der Waals surface area contributed by atoms with E-state index in [9.17, 15) is 37.1 Å². The maximum atomic E-state index is 14.8. The summed E-state index contributed by atoms with van der Waals surface area (Å²) in [5, 5.41) is 27.9. The number of nitrogen functional groups attached to an aromatic ring is 3. The molecule has 0 unspecified atom stereocenters. The number of aryl methyl sites for hydroxylation is 3. The van der Waals surface area contributed by atoms with Crippen molar-refractivity contribution in [3.8, 4) is 22.8 Å². The summed E-state index contributed by atoms with van der Waals surface area (Å²) in [7, 11) is 0. The number of anilines is 4. The second-order valence-corrected chi connectivity index (χ2v) is 25.3. The maximum Gasteiger partial charge on any atom is 1.00 e. The van der Waals surface area contributed by atoms with Gasteiger partial charge in [0.15, 0.2) is 0 Å². The molecular weight excluding hydrogens is 1300 g/mol. The van der Waals surface area contributed by atoms with Gasteiger partial charge in [-0.2, -0.15) is 0 Å². The molecule has 4 aromatic carbocycles. The third-order valence-electron chi connectivity index (χ3n) is 18.0. The molecule has 1 aliphatic heterocycles. The van der Waals surface area contributed by atoms with Gasteiger partial charge in [-0.15, -0.1) is 0 Å². The average molecular weight is 1390 g/mol. The molecular formula is C77H88BF4N13NaO5. The third-order valence-corrected chi connectivity index (χ3v) is 18.0. The van der Waals surface area contributed by atoms with E-state index in [1.54, 1.807) is 59.6 Å². The van der Waals surface area contributed by atoms with Crippen molar-refractivity contribution in [1.82, 2.24) is 39.0 Å². The number of fused-ring (bicyclic) bond motifs is 2. The zero-order valence-corrected chi connectivity index (χ0v) is 60.0. The van der Waals surface area contributed by atoms with Gasteiger partial charge < -0.3 is 58.6 Å². The molecule has 4 saturated carbocycles. The number of nitrogens with two attached hydrogens (primary N) is 3. The standard InChI is InChI=1S/C26H25F2N3O2.C19H20FN3.C12H19N3.C7H5FO2.C6H9N3.C6H10O.CN.B.Na/c27-18-12-10-17(11-13-18)15-30-16-24-22(14-23(30)26(32)33)29-25(20-8-4-5-9-21(20)28)31(24)19-6-2-1-3-7-19;1-13-11-17-18(12-21-13)23(14-7-3-2-4-8-14)19(22-17)15-9-5-6-10-16(15)20;1-9-7-11(13)12(8-14-9)15-10-5-3-2-4-6-10;8-6-4-2-1-3-5(6)7(9)10;1-4-2-5(7)6(8)3-9-4;7-6-4-2-1-3-5-6;1-2;;/h4-5,8-14,19H,1-3,6-7,15-16H2,(H,32,33);5-6,9-12,14H,2-4,7-8H2,1H3;7-8,10,15H,2-6H2,1H3,(H2,13,14);1-4H,(H,9,10);2-3H,8H2,1H3,(H2,7,9);1-5H2;;;/q;;;;;;-1;;+1. The van der Waals surface area contributed by atoms with Crippen molar-refractivity contribution < 1.29 is 71.7 Å². The number of halogens is 4. The van der Waals surface area contributed by atoms with Gasteiger partial charge in [0, 0.05) is 63.0 Å². The van der Waals surface area contributed by atoms with E-state index in [2.05, 4.69) is 29.4 Å². The number of carboxylic acid groups (broad SMARTS) is 2. The first kappa shape index (κ1) is 80.6. The smallest absolute Gasteiger partial charge is 0.512 e. The number of benzene rings is 4. The van der Waals surface area contributed by atoms with Crippen molar-refractivity contribution in [2.45, 2.75) is 180 Å². The van der Waals surface area contributed by atoms with Crippen LogP contribution < -0.4 is 52.1 Å². The Bertz CT molecular complexity index is 4220. The van der Waals surface area contributed by atoms with Gasteiger partial charge in [-0.05, 0) is 151 Å². The number of pyridine rings is 3. The largest absolute Gasteiger partial charge is 1.00 e. The summed E-state index contributed by atoms with van der Waals surface area (Å²) in [6, 6.07) is 31.6. The number of nitrogens with zero attached hydrogens (tertiary/aromatic N) is 9. The van der Waals surface area contributed by atoms with Gasteiger partial charge in [-0.3, -0.25) is 19.7 Å². The second-order valence-electron chi connectivity index (χ2n) is 25.3. The van der Waals surface area contributed by atoms with Crippen LogP contribution in [0.5, 0.6) is 0 Å². The average Bonchev–Trinajstić information content (AvgIpc) is 1.62. The van der Waals surface area contributed by atoms with Crippen molar-refractivity contribution in [3.05, 3.63) is 209 Å². The van der Waals surface area contributed by atoms with Crippen molar-refractivity contribution >= 4 is 66.0 Å². The maximum absolute atomic E-state index is 14.8. The fourth-order valence-corrected chi connectivity index (χ4v) is 12.9. The first-order valence-corrected chi connectivity index (χ1v) is 33.9. The quantitative estimate of drug-likeness (QED) is 0.0422. The first-order valence-electron chi connectivity index (χ1n) is 33.9. The molecule has 6 heterocycles. The Morgan fingerprint density at radius 2 is 1.06 bits per heavy atom. The Hall–Kier alpha value is -9.37. The van der Waals surface area contributed by atoms with E-state index < -0.39 is 17.8 Å². The number of nitrogens with one attached hydrogen (secondary N) is 1. The Balaban J connectivity index is 0.000000205. The van der Waals surface area contributed by atoms with E-state index in [1.165, 1.54) is 107 Å². The first-order chi connectivity index (χ1) is 47.8. The summed E-state index contributed by atoms with van der Waals surface area (Å²) in [6.07, 6.45) is 30.0. The van der Waals surface area contributed by atoms with E-state index in [1.807, 2.05) is 57.4 Å². The molecule has 24 heteroatoms. The van der Waals surface area contributed by atoms with Crippen molar-refractivity contribution in [2.75, 3.05) is 22.5 Å². The van der Waals surface area contributed by atoms with Gasteiger partial charge >= 0.3 is 41.5 Å². The monoisotopic (exact) mass is 1380 g/mol. The Labute approximate surface area is 612 Å². The van der Waals surface area contributed by atoms with Gasteiger partial charge in [0.1, 0.15) is 46.4 Å². The molecule has 9 aromatic rings. The number of hydrogen-bond donors (Lipinski definition) is 6. The van der Waals surface area contributed by atoms with Crippen LogP contribution in [0.1, 0.15) is 185 Å². The topological polar surface area (TPSA) is 283 Å². The molecule has 9 N–H and O–H groups in total. The molecule has 4 aliphatic carbocycles. The molecule has 0 spiro atoms.